The fraction of sp³-hybridized carbons (Fsp3) is 0.143. The Kier molecular flexibility index (Phi) is 1.56. The Morgan fingerprint density at radius 3 is 3.08 bits per heavy atom. The average molecular weight is 175 g/mol. The van der Waals surface area contributed by atoms with Crippen LogP contribution in [-0.2, 0) is 4.79 Å². The third kappa shape index (κ3) is 1.06. The Hall–Kier alpha value is -2.16. The van der Waals surface area contributed by atoms with Crippen molar-refractivity contribution >= 4 is 11.6 Å². The molecule has 2 rings (SSSR count). The molecule has 2 N–H and O–H groups in total. The topological polar surface area (TPSA) is 93.9 Å². The molecule has 1 unspecified atom stereocenters. The number of nitrogens with one attached hydrogen (secondary N) is 2. The molecule has 1 amide bonds. The summed E-state index contributed by atoms with van der Waals surface area (Å²) < 4.78 is 0. The molecular weight excluding hydrogens is 170 g/mol. The molecule has 1 aliphatic rings. The van der Waals surface area contributed by atoms with E-state index in [1.165, 1.54) is 6.20 Å². The van der Waals surface area contributed by atoms with Gasteiger partial charge in [0.15, 0.2) is 5.92 Å². The predicted octanol–water partition coefficient (Wildman–Crippen LogP) is -0.617. The van der Waals surface area contributed by atoms with Crippen LogP contribution in [0.15, 0.2) is 17.4 Å². The van der Waals surface area contributed by atoms with Crippen LogP contribution in [0.1, 0.15) is 5.69 Å². The SMILES string of the molecule is N#CC1C(=O)NN=C1c1ccn[nH]1. The number of hydrogen-bond donors (Lipinski definition) is 2. The van der Waals surface area contributed by atoms with Gasteiger partial charge < -0.3 is 0 Å². The third-order valence-electron chi connectivity index (χ3n) is 1.73. The number of hydrazone groups is 1. The lowest BCUT2D eigenvalue weighted by Crippen LogP contribution is -2.22. The Labute approximate surface area is 73.3 Å². The maximum atomic E-state index is 11.0. The first-order valence-electron chi connectivity index (χ1n) is 3.59. The Balaban J connectivity index is 2.37. The smallest absolute Gasteiger partial charge is 0.263 e. The van der Waals surface area contributed by atoms with Crippen molar-refractivity contribution in [2.75, 3.05) is 0 Å². The number of H-pyrrole nitrogens is 1. The highest BCUT2D eigenvalue weighted by Gasteiger charge is 2.31. The zero-order valence-electron chi connectivity index (χ0n) is 6.48. The van der Waals surface area contributed by atoms with Crippen LogP contribution in [0.5, 0.6) is 0 Å². The minimum absolute atomic E-state index is 0.394. The van der Waals surface area contributed by atoms with Crippen molar-refractivity contribution in [2.24, 2.45) is 11.0 Å². The van der Waals surface area contributed by atoms with Crippen molar-refractivity contribution in [1.82, 2.24) is 15.6 Å². The van der Waals surface area contributed by atoms with Gasteiger partial charge in [-0.1, -0.05) is 0 Å². The van der Waals surface area contributed by atoms with E-state index in [4.69, 9.17) is 5.26 Å². The summed E-state index contributed by atoms with van der Waals surface area (Å²) in [4.78, 5) is 11.0. The van der Waals surface area contributed by atoms with Crippen molar-refractivity contribution in [3.8, 4) is 6.07 Å². The fourth-order valence-electron chi connectivity index (χ4n) is 1.10. The minimum Gasteiger partial charge on any atom is -0.276 e. The first-order valence-corrected chi connectivity index (χ1v) is 3.59. The summed E-state index contributed by atoms with van der Waals surface area (Å²) in [5, 5.41) is 18.8. The maximum absolute atomic E-state index is 11.0. The van der Waals surface area contributed by atoms with Crippen LogP contribution in [0, 0.1) is 17.2 Å². The van der Waals surface area contributed by atoms with Crippen molar-refractivity contribution in [2.45, 2.75) is 0 Å². The number of nitrogens with zero attached hydrogens (tertiary/aromatic N) is 3. The van der Waals surface area contributed by atoms with Crippen molar-refractivity contribution in [3.05, 3.63) is 18.0 Å². The molecule has 0 aromatic carbocycles. The van der Waals surface area contributed by atoms with Gasteiger partial charge in [0.1, 0.15) is 5.71 Å². The van der Waals surface area contributed by atoms with Crippen molar-refractivity contribution in [3.63, 3.8) is 0 Å². The fourth-order valence-corrected chi connectivity index (χ4v) is 1.10. The number of nitriles is 1. The molecule has 0 saturated carbocycles. The van der Waals surface area contributed by atoms with E-state index in [-0.39, 0.29) is 0 Å². The van der Waals surface area contributed by atoms with E-state index in [1.54, 1.807) is 6.07 Å². The van der Waals surface area contributed by atoms with Gasteiger partial charge in [0.05, 0.1) is 11.8 Å². The van der Waals surface area contributed by atoms with Gasteiger partial charge in [-0.05, 0) is 6.07 Å². The molecule has 6 heteroatoms. The molecule has 64 valence electrons. The second-order valence-corrected chi connectivity index (χ2v) is 2.51. The van der Waals surface area contributed by atoms with Gasteiger partial charge in [-0.25, -0.2) is 5.43 Å². The second-order valence-electron chi connectivity index (χ2n) is 2.51. The summed E-state index contributed by atoms with van der Waals surface area (Å²) in [6.45, 7) is 0. The van der Waals surface area contributed by atoms with Crippen LogP contribution in [0.25, 0.3) is 0 Å². The zero-order valence-corrected chi connectivity index (χ0v) is 6.48. The van der Waals surface area contributed by atoms with Gasteiger partial charge in [-0.3, -0.25) is 9.89 Å². The number of hydrogen-bond acceptors (Lipinski definition) is 4. The number of aromatic amines is 1. The Morgan fingerprint density at radius 1 is 1.62 bits per heavy atom. The van der Waals surface area contributed by atoms with E-state index in [2.05, 4.69) is 20.7 Å². The largest absolute Gasteiger partial charge is 0.276 e. The van der Waals surface area contributed by atoms with Crippen molar-refractivity contribution in [1.29, 1.82) is 5.26 Å². The molecule has 1 aromatic heterocycles. The summed E-state index contributed by atoms with van der Waals surface area (Å²) >= 11 is 0. The first kappa shape index (κ1) is 7.49. The normalized spacial score (nSPS) is 20.7. The maximum Gasteiger partial charge on any atom is 0.263 e. The van der Waals surface area contributed by atoms with E-state index in [0.717, 1.165) is 0 Å². The number of carbonyl (C=O) groups excluding carboxylic acids is 1. The lowest BCUT2D eigenvalue weighted by Gasteiger charge is -1.96. The summed E-state index contributed by atoms with van der Waals surface area (Å²) in [5.74, 6) is -1.23. The first-order chi connectivity index (χ1) is 6.33. The van der Waals surface area contributed by atoms with Gasteiger partial charge in [0, 0.05) is 6.20 Å². The van der Waals surface area contributed by atoms with Crippen LogP contribution >= 0.6 is 0 Å². The zero-order chi connectivity index (χ0) is 9.26. The molecule has 2 heterocycles. The van der Waals surface area contributed by atoms with Gasteiger partial charge in [0.2, 0.25) is 0 Å². The van der Waals surface area contributed by atoms with Gasteiger partial charge in [-0.15, -0.1) is 0 Å². The molecule has 0 aliphatic carbocycles. The minimum atomic E-state index is -0.833. The highest BCUT2D eigenvalue weighted by Crippen LogP contribution is 2.11. The van der Waals surface area contributed by atoms with Crippen LogP contribution in [0.2, 0.25) is 0 Å². The summed E-state index contributed by atoms with van der Waals surface area (Å²) in [6, 6.07) is 3.52. The van der Waals surface area contributed by atoms with Gasteiger partial charge in [-0.2, -0.15) is 15.5 Å². The van der Waals surface area contributed by atoms with E-state index >= 15 is 0 Å². The average Bonchev–Trinajstić information content (AvgIpc) is 2.71. The van der Waals surface area contributed by atoms with E-state index in [1.807, 2.05) is 6.07 Å². The number of carbonyl (C=O) groups is 1. The van der Waals surface area contributed by atoms with Crippen LogP contribution < -0.4 is 5.43 Å². The van der Waals surface area contributed by atoms with Crippen LogP contribution in [0.4, 0.5) is 0 Å². The number of amides is 1. The summed E-state index contributed by atoms with van der Waals surface area (Å²) in [6.07, 6.45) is 1.54. The molecule has 1 aliphatic heterocycles. The molecule has 0 saturated heterocycles. The lowest BCUT2D eigenvalue weighted by atomic mass is 10.0. The molecule has 0 bridgehead atoms. The van der Waals surface area contributed by atoms with E-state index < -0.39 is 11.8 Å². The molecule has 1 atom stereocenters. The van der Waals surface area contributed by atoms with E-state index in [9.17, 15) is 4.79 Å². The Bertz CT molecular complexity index is 399. The number of aromatic nitrogens is 2. The molecule has 1 aromatic rings. The van der Waals surface area contributed by atoms with Crippen LogP contribution in [0.3, 0.4) is 0 Å². The Morgan fingerprint density at radius 2 is 2.46 bits per heavy atom. The highest BCUT2D eigenvalue weighted by molar-refractivity contribution is 6.17. The standard InChI is InChI=1S/C7H5N5O/c8-3-4-6(11-12-7(4)13)5-1-2-9-10-5/h1-2,4H,(H,9,10)(H,12,13). The molecule has 6 nitrogen and oxygen atoms in total. The lowest BCUT2D eigenvalue weighted by molar-refractivity contribution is -0.120. The predicted molar refractivity (Wildman–Crippen MR) is 42.4 cm³/mol. The van der Waals surface area contributed by atoms with E-state index in [0.29, 0.717) is 11.4 Å². The molecule has 13 heavy (non-hydrogen) atoms. The summed E-state index contributed by atoms with van der Waals surface area (Å²) in [5.41, 5.74) is 3.22. The quantitative estimate of drug-likeness (QED) is 0.595. The monoisotopic (exact) mass is 175 g/mol. The van der Waals surface area contributed by atoms with Crippen molar-refractivity contribution < 1.29 is 4.79 Å². The molecule has 0 fully saturated rings. The molecule has 0 spiro atoms. The second kappa shape index (κ2) is 2.71. The van der Waals surface area contributed by atoms with Gasteiger partial charge >= 0.3 is 0 Å². The number of rotatable bonds is 1. The molecule has 0 radical (unpaired) electrons. The highest BCUT2D eigenvalue weighted by atomic mass is 16.2. The molecular formula is C7H5N5O. The van der Waals surface area contributed by atoms with Crippen LogP contribution in [-0.4, -0.2) is 21.8 Å². The van der Waals surface area contributed by atoms with Gasteiger partial charge in [0.25, 0.3) is 5.91 Å². The summed E-state index contributed by atoms with van der Waals surface area (Å²) in [7, 11) is 0. The third-order valence-corrected chi connectivity index (χ3v) is 1.73.